The summed E-state index contributed by atoms with van der Waals surface area (Å²) >= 11 is 0. The van der Waals surface area contributed by atoms with Crippen LogP contribution in [0.4, 0.5) is 11.6 Å². The smallest absolute Gasteiger partial charge is 0.158 e. The van der Waals surface area contributed by atoms with Gasteiger partial charge in [0.2, 0.25) is 0 Å². The van der Waals surface area contributed by atoms with E-state index in [-0.39, 0.29) is 0 Å². The first-order valence-corrected chi connectivity index (χ1v) is 6.77. The van der Waals surface area contributed by atoms with Gasteiger partial charge < -0.3 is 20.1 Å². The number of nitrogens with zero attached hydrogens (tertiary/aromatic N) is 2. The fourth-order valence-electron chi connectivity index (χ4n) is 1.97. The van der Waals surface area contributed by atoms with Crippen LogP contribution in [-0.2, 0) is 16.1 Å². The second-order valence-electron chi connectivity index (χ2n) is 4.55. The lowest BCUT2D eigenvalue weighted by atomic mass is 10.1. The van der Waals surface area contributed by atoms with Crippen molar-refractivity contribution in [1.82, 2.24) is 9.97 Å². The van der Waals surface area contributed by atoms with Crippen molar-refractivity contribution in [2.75, 3.05) is 44.0 Å². The van der Waals surface area contributed by atoms with Gasteiger partial charge in [0.15, 0.2) is 5.82 Å². The second kappa shape index (κ2) is 7.25. The zero-order valence-corrected chi connectivity index (χ0v) is 11.6. The minimum Gasteiger partial charge on any atom is -0.381 e. The van der Waals surface area contributed by atoms with E-state index in [1.54, 1.807) is 0 Å². The van der Waals surface area contributed by atoms with Gasteiger partial charge in [0.1, 0.15) is 18.2 Å². The van der Waals surface area contributed by atoms with Crippen LogP contribution in [0.5, 0.6) is 0 Å². The molecular weight excluding hydrogens is 244 g/mol. The quantitative estimate of drug-likeness (QED) is 0.779. The summed E-state index contributed by atoms with van der Waals surface area (Å²) in [5.41, 5.74) is 0. The van der Waals surface area contributed by atoms with Gasteiger partial charge >= 0.3 is 0 Å². The fraction of sp³-hybridized carbons (Fsp3) is 0.692. The standard InChI is InChI=1S/C13H22N4O2/c1-3-18-9-13-16-11(14-2)6-12(17-13)15-7-10-4-5-19-8-10/h6,10H,3-5,7-9H2,1-2H3,(H2,14,15,16,17). The summed E-state index contributed by atoms with van der Waals surface area (Å²) in [6.45, 7) is 5.65. The zero-order chi connectivity index (χ0) is 13.5. The van der Waals surface area contributed by atoms with E-state index in [0.717, 1.165) is 37.8 Å². The van der Waals surface area contributed by atoms with Gasteiger partial charge in [-0.3, -0.25) is 0 Å². The minimum absolute atomic E-state index is 0.438. The molecule has 0 radical (unpaired) electrons. The van der Waals surface area contributed by atoms with E-state index in [4.69, 9.17) is 9.47 Å². The van der Waals surface area contributed by atoms with Crippen LogP contribution in [0.25, 0.3) is 0 Å². The molecule has 2 N–H and O–H groups in total. The lowest BCUT2D eigenvalue weighted by Crippen LogP contribution is -2.16. The van der Waals surface area contributed by atoms with Crippen molar-refractivity contribution in [2.24, 2.45) is 5.92 Å². The molecule has 19 heavy (non-hydrogen) atoms. The molecule has 0 amide bonds. The number of ether oxygens (including phenoxy) is 2. The molecule has 2 heterocycles. The van der Waals surface area contributed by atoms with Gasteiger partial charge in [-0.2, -0.15) is 0 Å². The van der Waals surface area contributed by atoms with Gasteiger partial charge in [-0.25, -0.2) is 9.97 Å². The topological polar surface area (TPSA) is 68.3 Å². The van der Waals surface area contributed by atoms with Crippen molar-refractivity contribution < 1.29 is 9.47 Å². The summed E-state index contributed by atoms with van der Waals surface area (Å²) in [5, 5.41) is 6.39. The zero-order valence-electron chi connectivity index (χ0n) is 11.6. The van der Waals surface area contributed by atoms with Crippen LogP contribution in [-0.4, -0.2) is 43.4 Å². The molecular formula is C13H22N4O2. The molecule has 6 heteroatoms. The average molecular weight is 266 g/mol. The molecule has 1 aliphatic rings. The Kier molecular flexibility index (Phi) is 5.35. The van der Waals surface area contributed by atoms with Crippen molar-refractivity contribution in [3.63, 3.8) is 0 Å². The number of anilines is 2. The first-order valence-electron chi connectivity index (χ1n) is 6.77. The molecule has 1 aliphatic heterocycles. The van der Waals surface area contributed by atoms with E-state index in [9.17, 15) is 0 Å². The molecule has 1 unspecified atom stereocenters. The third-order valence-electron chi connectivity index (χ3n) is 3.06. The van der Waals surface area contributed by atoms with Crippen molar-refractivity contribution in [3.8, 4) is 0 Å². The van der Waals surface area contributed by atoms with Crippen LogP contribution in [0.15, 0.2) is 6.07 Å². The maximum atomic E-state index is 5.36. The summed E-state index contributed by atoms with van der Waals surface area (Å²) in [7, 11) is 1.85. The lowest BCUT2D eigenvalue weighted by molar-refractivity contribution is 0.128. The minimum atomic E-state index is 0.438. The largest absolute Gasteiger partial charge is 0.381 e. The second-order valence-corrected chi connectivity index (χ2v) is 4.55. The highest BCUT2D eigenvalue weighted by Crippen LogP contribution is 2.15. The van der Waals surface area contributed by atoms with E-state index in [1.165, 1.54) is 0 Å². The van der Waals surface area contributed by atoms with E-state index in [2.05, 4.69) is 20.6 Å². The molecule has 1 saturated heterocycles. The van der Waals surface area contributed by atoms with E-state index in [0.29, 0.717) is 25.0 Å². The maximum absolute atomic E-state index is 5.36. The van der Waals surface area contributed by atoms with Crippen LogP contribution in [0.2, 0.25) is 0 Å². The molecule has 1 aromatic rings. The number of hydrogen-bond acceptors (Lipinski definition) is 6. The molecule has 1 aromatic heterocycles. The highest BCUT2D eigenvalue weighted by molar-refractivity contribution is 5.47. The Labute approximate surface area is 113 Å². The van der Waals surface area contributed by atoms with Crippen molar-refractivity contribution in [1.29, 1.82) is 0 Å². The summed E-state index contributed by atoms with van der Waals surface area (Å²) in [5.74, 6) is 2.90. The van der Waals surface area contributed by atoms with Crippen LogP contribution in [0.1, 0.15) is 19.2 Å². The number of hydrogen-bond donors (Lipinski definition) is 2. The molecule has 1 atom stereocenters. The molecule has 1 fully saturated rings. The van der Waals surface area contributed by atoms with Gasteiger partial charge in [-0.05, 0) is 13.3 Å². The van der Waals surface area contributed by atoms with E-state index < -0.39 is 0 Å². The Morgan fingerprint density at radius 2 is 2.26 bits per heavy atom. The molecule has 2 rings (SSSR count). The first-order chi connectivity index (χ1) is 9.31. The molecule has 0 spiro atoms. The number of aromatic nitrogens is 2. The molecule has 0 bridgehead atoms. The molecule has 106 valence electrons. The third kappa shape index (κ3) is 4.33. The summed E-state index contributed by atoms with van der Waals surface area (Å²) in [6, 6.07) is 1.91. The van der Waals surface area contributed by atoms with Crippen molar-refractivity contribution in [3.05, 3.63) is 11.9 Å². The Hall–Kier alpha value is -1.40. The van der Waals surface area contributed by atoms with Gasteiger partial charge in [0, 0.05) is 38.8 Å². The SMILES string of the molecule is CCOCc1nc(NC)cc(NCC2CCOC2)n1. The fourth-order valence-corrected chi connectivity index (χ4v) is 1.97. The third-order valence-corrected chi connectivity index (χ3v) is 3.06. The predicted octanol–water partition coefficient (Wildman–Crippen LogP) is 1.50. The van der Waals surface area contributed by atoms with Gasteiger partial charge in [-0.15, -0.1) is 0 Å². The highest BCUT2D eigenvalue weighted by atomic mass is 16.5. The summed E-state index contributed by atoms with van der Waals surface area (Å²) in [4.78, 5) is 8.81. The first kappa shape index (κ1) is 14.0. The van der Waals surface area contributed by atoms with Gasteiger partial charge in [-0.1, -0.05) is 0 Å². The molecule has 0 aliphatic carbocycles. The van der Waals surface area contributed by atoms with Crippen LogP contribution >= 0.6 is 0 Å². The average Bonchev–Trinajstić information content (AvgIpc) is 2.96. The molecule has 0 aromatic carbocycles. The Morgan fingerprint density at radius 1 is 1.42 bits per heavy atom. The monoisotopic (exact) mass is 266 g/mol. The van der Waals surface area contributed by atoms with Crippen molar-refractivity contribution in [2.45, 2.75) is 20.0 Å². The number of rotatable bonds is 7. The summed E-state index contributed by atoms with van der Waals surface area (Å²) < 4.78 is 10.7. The number of nitrogens with one attached hydrogen (secondary N) is 2. The van der Waals surface area contributed by atoms with Crippen LogP contribution in [0, 0.1) is 5.92 Å². The van der Waals surface area contributed by atoms with E-state index in [1.807, 2.05) is 20.0 Å². The summed E-state index contributed by atoms with van der Waals surface area (Å²) in [6.07, 6.45) is 1.11. The Bertz CT molecular complexity index is 394. The van der Waals surface area contributed by atoms with Gasteiger partial charge in [0.25, 0.3) is 0 Å². The lowest BCUT2D eigenvalue weighted by Gasteiger charge is -2.12. The van der Waals surface area contributed by atoms with Gasteiger partial charge in [0.05, 0.1) is 6.61 Å². The van der Waals surface area contributed by atoms with Crippen LogP contribution < -0.4 is 10.6 Å². The van der Waals surface area contributed by atoms with Crippen molar-refractivity contribution >= 4 is 11.6 Å². The molecule has 6 nitrogen and oxygen atoms in total. The maximum Gasteiger partial charge on any atom is 0.158 e. The molecule has 0 saturated carbocycles. The Morgan fingerprint density at radius 3 is 2.95 bits per heavy atom. The Balaban J connectivity index is 1.96. The normalized spacial score (nSPS) is 18.5. The van der Waals surface area contributed by atoms with Crippen LogP contribution in [0.3, 0.4) is 0 Å². The highest BCUT2D eigenvalue weighted by Gasteiger charge is 2.15. The van der Waals surface area contributed by atoms with E-state index >= 15 is 0 Å². The predicted molar refractivity (Wildman–Crippen MR) is 74.3 cm³/mol.